The molecule has 0 bridgehead atoms. The largest absolute Gasteiger partial charge is 0.497 e. The van der Waals surface area contributed by atoms with Crippen LogP contribution in [-0.2, 0) is 12.8 Å². The lowest BCUT2D eigenvalue weighted by atomic mass is 9.89. The summed E-state index contributed by atoms with van der Waals surface area (Å²) in [7, 11) is 4.94. The van der Waals surface area contributed by atoms with E-state index < -0.39 is 0 Å². The first-order valence-corrected chi connectivity index (χ1v) is 9.33. The molecule has 28 heavy (non-hydrogen) atoms. The van der Waals surface area contributed by atoms with Gasteiger partial charge in [-0.15, -0.1) is 0 Å². The quantitative estimate of drug-likeness (QED) is 0.513. The molecule has 2 aromatic carbocycles. The highest BCUT2D eigenvalue weighted by Crippen LogP contribution is 2.32. The Morgan fingerprint density at radius 1 is 0.786 bits per heavy atom. The number of benzene rings is 2. The smallest absolute Gasteiger partial charge is 0.222 e. The molecule has 0 spiro atoms. The fourth-order valence-electron chi connectivity index (χ4n) is 3.17. The second-order valence-electron chi connectivity index (χ2n) is 6.39. The van der Waals surface area contributed by atoms with Crippen molar-refractivity contribution in [2.45, 2.75) is 18.8 Å². The molecule has 6 heteroatoms. The Balaban J connectivity index is 1.93. The highest BCUT2D eigenvalue weighted by atomic mass is 35.5. The van der Waals surface area contributed by atoms with Crippen molar-refractivity contribution in [3.63, 3.8) is 0 Å². The molecule has 0 unspecified atom stereocenters. The standard InChI is InChI=1S/C22H23ClN2O3/c1-26-18-8-4-15(5-9-18)12-17(13-16-6-10-19(27-2)11-7-16)21-20(28-3)14-24-22(23)25-21/h4-11,14,17H,12-13H2,1-3H3. The summed E-state index contributed by atoms with van der Waals surface area (Å²) in [5.74, 6) is 2.37. The molecule has 0 radical (unpaired) electrons. The van der Waals surface area contributed by atoms with E-state index in [4.69, 9.17) is 25.8 Å². The number of aromatic nitrogens is 2. The van der Waals surface area contributed by atoms with Crippen LogP contribution in [0.3, 0.4) is 0 Å². The number of methoxy groups -OCH3 is 3. The average molecular weight is 399 g/mol. The van der Waals surface area contributed by atoms with E-state index in [1.54, 1.807) is 27.5 Å². The molecule has 0 fully saturated rings. The van der Waals surface area contributed by atoms with Gasteiger partial charge in [-0.3, -0.25) is 0 Å². The van der Waals surface area contributed by atoms with Crippen LogP contribution in [0.1, 0.15) is 22.7 Å². The van der Waals surface area contributed by atoms with Gasteiger partial charge in [0.2, 0.25) is 5.28 Å². The van der Waals surface area contributed by atoms with Gasteiger partial charge in [-0.05, 0) is 59.8 Å². The highest BCUT2D eigenvalue weighted by molar-refractivity contribution is 6.28. The molecule has 5 nitrogen and oxygen atoms in total. The summed E-state index contributed by atoms with van der Waals surface area (Å²) in [6.07, 6.45) is 3.18. The summed E-state index contributed by atoms with van der Waals surface area (Å²) in [6.45, 7) is 0. The van der Waals surface area contributed by atoms with Crippen LogP contribution in [0.25, 0.3) is 0 Å². The van der Waals surface area contributed by atoms with Crippen molar-refractivity contribution >= 4 is 11.6 Å². The van der Waals surface area contributed by atoms with Crippen molar-refractivity contribution in [1.29, 1.82) is 0 Å². The molecular formula is C22H23ClN2O3. The molecule has 0 aliphatic heterocycles. The monoisotopic (exact) mass is 398 g/mol. The van der Waals surface area contributed by atoms with Crippen molar-refractivity contribution in [2.24, 2.45) is 0 Å². The maximum Gasteiger partial charge on any atom is 0.222 e. The van der Waals surface area contributed by atoms with Gasteiger partial charge in [-0.1, -0.05) is 24.3 Å². The Morgan fingerprint density at radius 2 is 1.29 bits per heavy atom. The summed E-state index contributed by atoms with van der Waals surface area (Å²) < 4.78 is 16.0. The normalized spacial score (nSPS) is 10.8. The molecule has 1 aromatic heterocycles. The molecule has 0 N–H and O–H groups in total. The van der Waals surface area contributed by atoms with Gasteiger partial charge in [0.1, 0.15) is 11.5 Å². The van der Waals surface area contributed by atoms with Crippen molar-refractivity contribution < 1.29 is 14.2 Å². The topological polar surface area (TPSA) is 53.5 Å². The number of hydrogen-bond acceptors (Lipinski definition) is 5. The minimum absolute atomic E-state index is 0.0669. The lowest BCUT2D eigenvalue weighted by Gasteiger charge is -2.19. The fourth-order valence-corrected chi connectivity index (χ4v) is 3.31. The van der Waals surface area contributed by atoms with Gasteiger partial charge in [-0.25, -0.2) is 9.97 Å². The fraction of sp³-hybridized carbons (Fsp3) is 0.273. The van der Waals surface area contributed by atoms with Gasteiger partial charge >= 0.3 is 0 Å². The molecule has 3 aromatic rings. The van der Waals surface area contributed by atoms with E-state index in [-0.39, 0.29) is 11.2 Å². The zero-order chi connectivity index (χ0) is 19.9. The third-order valence-corrected chi connectivity index (χ3v) is 4.82. The van der Waals surface area contributed by atoms with Crippen LogP contribution in [0.2, 0.25) is 5.28 Å². The lowest BCUT2D eigenvalue weighted by Crippen LogP contribution is -2.11. The number of halogens is 1. The van der Waals surface area contributed by atoms with Crippen LogP contribution >= 0.6 is 11.6 Å². The van der Waals surface area contributed by atoms with Crippen LogP contribution in [-0.4, -0.2) is 31.3 Å². The van der Waals surface area contributed by atoms with E-state index in [0.717, 1.165) is 30.0 Å². The average Bonchev–Trinajstić information content (AvgIpc) is 2.74. The van der Waals surface area contributed by atoms with E-state index in [1.165, 1.54) is 11.1 Å². The van der Waals surface area contributed by atoms with Crippen LogP contribution in [0.4, 0.5) is 0 Å². The second kappa shape index (κ2) is 9.42. The van der Waals surface area contributed by atoms with Crippen LogP contribution in [0.15, 0.2) is 54.7 Å². The zero-order valence-electron chi connectivity index (χ0n) is 16.2. The van der Waals surface area contributed by atoms with Gasteiger partial charge in [0.05, 0.1) is 33.2 Å². The predicted octanol–water partition coefficient (Wildman–Crippen LogP) is 4.72. The zero-order valence-corrected chi connectivity index (χ0v) is 16.9. The summed E-state index contributed by atoms with van der Waals surface area (Å²) >= 11 is 6.09. The van der Waals surface area contributed by atoms with E-state index in [2.05, 4.69) is 34.2 Å². The Labute approximate surface area is 170 Å². The van der Waals surface area contributed by atoms with Crippen molar-refractivity contribution in [3.8, 4) is 17.2 Å². The van der Waals surface area contributed by atoms with E-state index >= 15 is 0 Å². The first-order valence-electron chi connectivity index (χ1n) is 8.95. The first-order chi connectivity index (χ1) is 13.6. The number of rotatable bonds is 8. The summed E-state index contributed by atoms with van der Waals surface area (Å²) in [6, 6.07) is 16.1. The van der Waals surface area contributed by atoms with Gasteiger partial charge in [0.15, 0.2) is 5.75 Å². The highest BCUT2D eigenvalue weighted by Gasteiger charge is 2.21. The number of hydrogen-bond donors (Lipinski definition) is 0. The van der Waals surface area contributed by atoms with Crippen molar-refractivity contribution in [1.82, 2.24) is 9.97 Å². The molecule has 1 heterocycles. The molecule has 0 atom stereocenters. The molecule has 146 valence electrons. The predicted molar refractivity (Wildman–Crippen MR) is 110 cm³/mol. The summed E-state index contributed by atoms with van der Waals surface area (Å²) in [5, 5.41) is 0.213. The first kappa shape index (κ1) is 20.0. The SMILES string of the molecule is COc1ccc(CC(Cc2ccc(OC)cc2)c2nc(Cl)ncc2OC)cc1. The molecule has 0 aliphatic carbocycles. The lowest BCUT2D eigenvalue weighted by molar-refractivity contribution is 0.398. The Kier molecular flexibility index (Phi) is 6.71. The number of ether oxygens (including phenoxy) is 3. The molecule has 0 saturated heterocycles. The van der Waals surface area contributed by atoms with Gasteiger partial charge in [0.25, 0.3) is 0 Å². The number of nitrogens with zero attached hydrogens (tertiary/aromatic N) is 2. The van der Waals surface area contributed by atoms with Crippen molar-refractivity contribution in [2.75, 3.05) is 21.3 Å². The van der Waals surface area contributed by atoms with E-state index in [9.17, 15) is 0 Å². The molecular weight excluding hydrogens is 376 g/mol. The maximum absolute atomic E-state index is 6.09. The third kappa shape index (κ3) is 4.93. The minimum atomic E-state index is 0.0669. The van der Waals surface area contributed by atoms with E-state index in [1.807, 2.05) is 24.3 Å². The molecule has 0 saturated carbocycles. The second-order valence-corrected chi connectivity index (χ2v) is 6.73. The van der Waals surface area contributed by atoms with Crippen LogP contribution in [0.5, 0.6) is 17.2 Å². The minimum Gasteiger partial charge on any atom is -0.497 e. The Morgan fingerprint density at radius 3 is 1.71 bits per heavy atom. The molecule has 3 rings (SSSR count). The van der Waals surface area contributed by atoms with Gasteiger partial charge in [-0.2, -0.15) is 0 Å². The summed E-state index contributed by atoms with van der Waals surface area (Å²) in [5.41, 5.74) is 3.15. The third-order valence-electron chi connectivity index (χ3n) is 4.64. The van der Waals surface area contributed by atoms with E-state index in [0.29, 0.717) is 5.75 Å². The molecule has 0 aliphatic rings. The van der Waals surface area contributed by atoms with Gasteiger partial charge in [0, 0.05) is 5.92 Å². The van der Waals surface area contributed by atoms with Crippen LogP contribution in [0, 0.1) is 0 Å². The van der Waals surface area contributed by atoms with Crippen molar-refractivity contribution in [3.05, 3.63) is 76.8 Å². The van der Waals surface area contributed by atoms with Gasteiger partial charge < -0.3 is 14.2 Å². The molecule has 0 amide bonds. The Bertz CT molecular complexity index is 849. The maximum atomic E-state index is 6.09. The summed E-state index contributed by atoms with van der Waals surface area (Å²) in [4.78, 5) is 8.53. The Hall–Kier alpha value is -2.79. The van der Waals surface area contributed by atoms with Crippen LogP contribution < -0.4 is 14.2 Å².